The van der Waals surface area contributed by atoms with Crippen LogP contribution in [0.4, 0.5) is 0 Å². The molecule has 5 rings (SSSR count). The topological polar surface area (TPSA) is 155 Å². The van der Waals surface area contributed by atoms with Crippen molar-refractivity contribution in [2.75, 3.05) is 26.7 Å². The maximum Gasteiger partial charge on any atom is 0.292 e. The van der Waals surface area contributed by atoms with Crippen LogP contribution < -0.4 is 10.0 Å². The van der Waals surface area contributed by atoms with Crippen LogP contribution in [0.15, 0.2) is 66.1 Å². The maximum atomic E-state index is 13.6. The number of terminal acetylenes is 1. The minimum atomic E-state index is -3.98. The van der Waals surface area contributed by atoms with Crippen LogP contribution in [0.25, 0.3) is 22.2 Å². The summed E-state index contributed by atoms with van der Waals surface area (Å²) in [5.74, 6) is 1.50. The molecule has 0 bridgehead atoms. The normalized spacial score (nSPS) is 16.0. The van der Waals surface area contributed by atoms with Crippen molar-refractivity contribution in [2.45, 2.75) is 17.5 Å². The van der Waals surface area contributed by atoms with Gasteiger partial charge < -0.3 is 20.4 Å². The Bertz CT molecular complexity index is 1750. The molecule has 0 spiro atoms. The van der Waals surface area contributed by atoms with Crippen molar-refractivity contribution in [3.63, 3.8) is 0 Å². The fraction of sp³-hybridized carbons (Fsp3) is 0.222. The van der Waals surface area contributed by atoms with Crippen molar-refractivity contribution in [3.05, 3.63) is 77.7 Å². The van der Waals surface area contributed by atoms with Crippen LogP contribution in [0.3, 0.4) is 0 Å². The Morgan fingerprint density at radius 1 is 1.20 bits per heavy atom. The number of aromatic nitrogens is 4. The Morgan fingerprint density at radius 2 is 1.98 bits per heavy atom. The van der Waals surface area contributed by atoms with Crippen molar-refractivity contribution in [1.82, 2.24) is 29.5 Å². The number of H-pyrrole nitrogens is 1. The Morgan fingerprint density at radius 3 is 2.67 bits per heavy atom. The zero-order valence-corrected chi connectivity index (χ0v) is 22.3. The van der Waals surface area contributed by atoms with Crippen molar-refractivity contribution in [2.24, 2.45) is 0 Å². The molecule has 3 aromatic heterocycles. The molecule has 1 unspecified atom stereocenters. The summed E-state index contributed by atoms with van der Waals surface area (Å²) in [7, 11) is -2.51. The van der Waals surface area contributed by atoms with Crippen LogP contribution in [-0.2, 0) is 14.8 Å². The van der Waals surface area contributed by atoms with Gasteiger partial charge >= 0.3 is 0 Å². The fourth-order valence-corrected chi connectivity index (χ4v) is 6.11. The van der Waals surface area contributed by atoms with E-state index in [2.05, 4.69) is 26.2 Å². The highest BCUT2D eigenvalue weighted by atomic mass is 32.2. The molecule has 1 atom stereocenters. The van der Waals surface area contributed by atoms with E-state index in [-0.39, 0.29) is 42.8 Å². The van der Waals surface area contributed by atoms with E-state index in [9.17, 15) is 23.2 Å². The molecule has 1 saturated heterocycles. The molecule has 0 saturated carbocycles. The van der Waals surface area contributed by atoms with Gasteiger partial charge in [0, 0.05) is 74.1 Å². The number of pyridine rings is 1. The predicted octanol–water partition coefficient (Wildman–Crippen LogP) is 0.891. The van der Waals surface area contributed by atoms with Crippen molar-refractivity contribution in [1.29, 1.82) is 0 Å². The van der Waals surface area contributed by atoms with Gasteiger partial charge in [0.2, 0.25) is 17.4 Å². The van der Waals surface area contributed by atoms with E-state index in [0.717, 1.165) is 0 Å². The van der Waals surface area contributed by atoms with Crippen molar-refractivity contribution < 1.29 is 22.7 Å². The second-order valence-electron chi connectivity index (χ2n) is 9.18. The molecule has 4 heterocycles. The van der Waals surface area contributed by atoms with E-state index in [1.807, 2.05) is 0 Å². The van der Waals surface area contributed by atoms with E-state index >= 15 is 0 Å². The first-order valence-corrected chi connectivity index (χ1v) is 13.8. The maximum absolute atomic E-state index is 13.6. The van der Waals surface area contributed by atoms with Crippen LogP contribution in [-0.4, -0.2) is 77.1 Å². The van der Waals surface area contributed by atoms with E-state index in [1.54, 1.807) is 36.4 Å². The van der Waals surface area contributed by atoms with Crippen LogP contribution in [0.5, 0.6) is 0 Å². The zero-order valence-electron chi connectivity index (χ0n) is 21.4. The minimum absolute atomic E-state index is 0.00156. The number of fused-ring (bicyclic) bond motifs is 1. The number of hydrogen-bond donors (Lipinski definition) is 2. The van der Waals surface area contributed by atoms with Gasteiger partial charge in [-0.2, -0.15) is 9.04 Å². The second kappa shape index (κ2) is 10.8. The molecule has 2 N–H and O–H groups in total. The number of nitrogens with one attached hydrogen (secondary N) is 2. The van der Waals surface area contributed by atoms with E-state index < -0.39 is 22.0 Å². The number of piperazine rings is 1. The molecule has 0 aliphatic carbocycles. The molecule has 40 heavy (non-hydrogen) atoms. The third-order valence-electron chi connectivity index (χ3n) is 6.75. The Balaban J connectivity index is 1.39. The standard InChI is InChI=1S/C27H25N7O5S/c1-3-18-7-8-22-19(12-18)13-25(31-22)40(38,39)32-10-11-33(21(17-32)14-24(35)28-2)27(36)26-29-15-20(16-30-26)23-6-4-5-9-34(23)37/h1,4-9,12-13,15-16,21,31H,10-11,14,17H2,2H3,(H,28,35). The fourth-order valence-electron chi connectivity index (χ4n) is 4.63. The van der Waals surface area contributed by atoms with Gasteiger partial charge in [0.05, 0.1) is 11.6 Å². The van der Waals surface area contributed by atoms with Gasteiger partial charge in [-0.25, -0.2) is 18.4 Å². The molecular weight excluding hydrogens is 534 g/mol. The molecule has 1 aliphatic rings. The predicted molar refractivity (Wildman–Crippen MR) is 145 cm³/mol. The number of amides is 2. The quantitative estimate of drug-likeness (QED) is 0.202. The summed E-state index contributed by atoms with van der Waals surface area (Å²) >= 11 is 0. The number of benzene rings is 1. The third kappa shape index (κ3) is 5.09. The molecule has 2 amide bonds. The molecule has 0 radical (unpaired) electrons. The van der Waals surface area contributed by atoms with Crippen LogP contribution in [0.1, 0.15) is 22.6 Å². The van der Waals surface area contributed by atoms with Gasteiger partial charge in [0.25, 0.3) is 15.9 Å². The molecule has 1 aliphatic heterocycles. The lowest BCUT2D eigenvalue weighted by atomic mass is 10.1. The van der Waals surface area contributed by atoms with Gasteiger partial charge in [-0.05, 0) is 30.3 Å². The molecular formula is C27H25N7O5S. The van der Waals surface area contributed by atoms with E-state index in [1.165, 1.54) is 40.9 Å². The number of rotatable bonds is 6. The third-order valence-corrected chi connectivity index (χ3v) is 8.54. The van der Waals surface area contributed by atoms with Crippen LogP contribution in [0, 0.1) is 17.6 Å². The van der Waals surface area contributed by atoms with Crippen LogP contribution in [0.2, 0.25) is 0 Å². The summed E-state index contributed by atoms with van der Waals surface area (Å²) in [5, 5.41) is 15.2. The number of aromatic amines is 1. The average Bonchev–Trinajstić information content (AvgIpc) is 3.41. The molecule has 204 valence electrons. The summed E-state index contributed by atoms with van der Waals surface area (Å²) in [6.07, 6.45) is 9.43. The van der Waals surface area contributed by atoms with Gasteiger partial charge in [-0.15, -0.1) is 6.42 Å². The lowest BCUT2D eigenvalue weighted by molar-refractivity contribution is -0.593. The highest BCUT2D eigenvalue weighted by Gasteiger charge is 2.38. The Kier molecular flexibility index (Phi) is 7.20. The van der Waals surface area contributed by atoms with Gasteiger partial charge in [-0.1, -0.05) is 5.92 Å². The summed E-state index contributed by atoms with van der Waals surface area (Å²) in [5.41, 5.74) is 1.99. The van der Waals surface area contributed by atoms with Crippen LogP contribution >= 0.6 is 0 Å². The first-order chi connectivity index (χ1) is 19.2. The molecule has 1 fully saturated rings. The smallest absolute Gasteiger partial charge is 0.292 e. The number of nitrogens with zero attached hydrogens (tertiary/aromatic N) is 5. The zero-order chi connectivity index (χ0) is 28.4. The number of hydrogen-bond acceptors (Lipinski definition) is 7. The van der Waals surface area contributed by atoms with E-state index in [0.29, 0.717) is 32.5 Å². The summed E-state index contributed by atoms with van der Waals surface area (Å²) in [6, 6.07) is 10.8. The lowest BCUT2D eigenvalue weighted by Gasteiger charge is -2.40. The molecule has 13 heteroatoms. The second-order valence-corrected chi connectivity index (χ2v) is 11.1. The largest absolute Gasteiger partial charge is 0.618 e. The lowest BCUT2D eigenvalue weighted by Crippen LogP contribution is -2.57. The number of carbonyl (C=O) groups excluding carboxylic acids is 2. The van der Waals surface area contributed by atoms with Gasteiger partial charge in [-0.3, -0.25) is 9.59 Å². The van der Waals surface area contributed by atoms with Crippen molar-refractivity contribution in [3.8, 4) is 23.6 Å². The van der Waals surface area contributed by atoms with Gasteiger partial charge in [0.1, 0.15) is 5.03 Å². The Labute approximate surface area is 230 Å². The molecule has 1 aromatic carbocycles. The highest BCUT2D eigenvalue weighted by Crippen LogP contribution is 2.26. The average molecular weight is 560 g/mol. The molecule has 12 nitrogen and oxygen atoms in total. The SMILES string of the molecule is C#Cc1ccc2[nH]c(S(=O)(=O)N3CCN(C(=O)c4ncc(-c5cccc[n+]5[O-])cn4)C(CC(=O)NC)C3)cc2c1. The first-order valence-electron chi connectivity index (χ1n) is 12.3. The van der Waals surface area contributed by atoms with Crippen molar-refractivity contribution >= 4 is 32.7 Å². The first kappa shape index (κ1) is 26.8. The highest BCUT2D eigenvalue weighted by molar-refractivity contribution is 7.89. The minimum Gasteiger partial charge on any atom is -0.618 e. The summed E-state index contributed by atoms with van der Waals surface area (Å²) in [6.45, 7) is -0.0855. The summed E-state index contributed by atoms with van der Waals surface area (Å²) in [4.78, 5) is 38.4. The monoisotopic (exact) mass is 559 g/mol. The number of sulfonamides is 1. The Hall–Kier alpha value is -4.80. The van der Waals surface area contributed by atoms with Gasteiger partial charge in [0.15, 0.2) is 6.20 Å². The number of carbonyl (C=O) groups is 2. The van der Waals surface area contributed by atoms with E-state index in [4.69, 9.17) is 6.42 Å². The molecule has 4 aromatic rings. The summed E-state index contributed by atoms with van der Waals surface area (Å²) < 4.78 is 29.0.